The number of rotatable bonds is 4. The predicted octanol–water partition coefficient (Wildman–Crippen LogP) is 2.88. The molecule has 1 amide bonds. The molecule has 0 bridgehead atoms. The van der Waals surface area contributed by atoms with Gasteiger partial charge in [0.15, 0.2) is 5.71 Å². The Hall–Kier alpha value is -2.10. The number of hydrogen-bond donors (Lipinski definition) is 0. The van der Waals surface area contributed by atoms with Crippen LogP contribution in [0.4, 0.5) is 5.69 Å². The van der Waals surface area contributed by atoms with Crippen LogP contribution >= 0.6 is 0 Å². The molecule has 1 saturated carbocycles. The van der Waals surface area contributed by atoms with Crippen LogP contribution in [0.5, 0.6) is 0 Å². The molecule has 1 aromatic rings. The standard InChI is InChI=1S/C16H18N2O2/c1-2-11-18-14-10-6-5-9-13(14)15(16(18)19)17-20-12-7-3-4-8-12/h2,5-6,9-10,12H,1,3-4,7-8,11H2/b17-15-. The van der Waals surface area contributed by atoms with Gasteiger partial charge in [-0.05, 0) is 31.7 Å². The molecule has 4 heteroatoms. The lowest BCUT2D eigenvalue weighted by Gasteiger charge is -2.13. The third kappa shape index (κ3) is 2.22. The van der Waals surface area contributed by atoms with Gasteiger partial charge in [-0.3, -0.25) is 4.79 Å². The van der Waals surface area contributed by atoms with Crippen molar-refractivity contribution in [1.82, 2.24) is 0 Å². The smallest absolute Gasteiger partial charge is 0.281 e. The number of para-hydroxylation sites is 1. The van der Waals surface area contributed by atoms with Crippen LogP contribution in [0.25, 0.3) is 0 Å². The summed E-state index contributed by atoms with van der Waals surface area (Å²) in [5.74, 6) is -0.107. The van der Waals surface area contributed by atoms with Crippen molar-refractivity contribution in [2.75, 3.05) is 11.4 Å². The summed E-state index contributed by atoms with van der Waals surface area (Å²) in [6.45, 7) is 4.18. The molecule has 20 heavy (non-hydrogen) atoms. The van der Waals surface area contributed by atoms with E-state index in [4.69, 9.17) is 4.84 Å². The van der Waals surface area contributed by atoms with Crippen molar-refractivity contribution in [1.29, 1.82) is 0 Å². The Morgan fingerprint density at radius 3 is 2.85 bits per heavy atom. The number of nitrogens with zero attached hydrogens (tertiary/aromatic N) is 2. The topological polar surface area (TPSA) is 41.9 Å². The largest absolute Gasteiger partial charge is 0.392 e. The molecule has 1 aliphatic carbocycles. The van der Waals surface area contributed by atoms with E-state index in [9.17, 15) is 4.79 Å². The summed E-state index contributed by atoms with van der Waals surface area (Å²) in [4.78, 5) is 19.7. The average Bonchev–Trinajstić information content (AvgIpc) is 3.06. The first kappa shape index (κ1) is 12.9. The summed E-state index contributed by atoms with van der Waals surface area (Å²) in [5, 5.41) is 4.15. The second-order valence-electron chi connectivity index (χ2n) is 5.17. The quantitative estimate of drug-likeness (QED) is 0.623. The first-order valence-electron chi connectivity index (χ1n) is 7.07. The number of carbonyl (C=O) groups excluding carboxylic acids is 1. The minimum absolute atomic E-state index is 0.107. The lowest BCUT2D eigenvalue weighted by Crippen LogP contribution is -2.30. The Morgan fingerprint density at radius 1 is 1.35 bits per heavy atom. The second kappa shape index (κ2) is 5.49. The molecule has 0 aromatic heterocycles. The average molecular weight is 270 g/mol. The Labute approximate surface area is 118 Å². The van der Waals surface area contributed by atoms with Crippen molar-refractivity contribution in [3.05, 3.63) is 42.5 Å². The zero-order chi connectivity index (χ0) is 13.9. The summed E-state index contributed by atoms with van der Waals surface area (Å²) in [6.07, 6.45) is 6.31. The SMILES string of the molecule is C=CCN1C(=O)/C(=N\OC2CCCC2)c2ccccc21. The highest BCUT2D eigenvalue weighted by Crippen LogP contribution is 2.29. The second-order valence-corrected chi connectivity index (χ2v) is 5.17. The molecule has 2 aliphatic rings. The van der Waals surface area contributed by atoms with Crippen LogP contribution in [0.1, 0.15) is 31.2 Å². The maximum Gasteiger partial charge on any atom is 0.281 e. The Morgan fingerprint density at radius 2 is 2.10 bits per heavy atom. The summed E-state index contributed by atoms with van der Waals surface area (Å²) in [5.41, 5.74) is 2.14. The van der Waals surface area contributed by atoms with E-state index in [1.165, 1.54) is 12.8 Å². The fourth-order valence-corrected chi connectivity index (χ4v) is 2.78. The first-order valence-corrected chi connectivity index (χ1v) is 7.07. The highest BCUT2D eigenvalue weighted by Gasteiger charge is 2.34. The molecule has 0 radical (unpaired) electrons. The van der Waals surface area contributed by atoms with Crippen LogP contribution < -0.4 is 4.90 Å². The van der Waals surface area contributed by atoms with Gasteiger partial charge in [-0.25, -0.2) is 0 Å². The molecular weight excluding hydrogens is 252 g/mol. The molecule has 0 unspecified atom stereocenters. The van der Waals surface area contributed by atoms with Gasteiger partial charge >= 0.3 is 0 Å². The summed E-state index contributed by atoms with van der Waals surface area (Å²) in [6, 6.07) is 7.67. The first-order chi connectivity index (χ1) is 9.81. The number of oxime groups is 1. The van der Waals surface area contributed by atoms with Crippen LogP contribution in [0.15, 0.2) is 42.1 Å². The zero-order valence-corrected chi connectivity index (χ0v) is 11.4. The van der Waals surface area contributed by atoms with E-state index in [-0.39, 0.29) is 12.0 Å². The van der Waals surface area contributed by atoms with Gasteiger partial charge in [-0.2, -0.15) is 0 Å². The minimum atomic E-state index is -0.107. The minimum Gasteiger partial charge on any atom is -0.392 e. The molecule has 1 aliphatic heterocycles. The van der Waals surface area contributed by atoms with Crippen molar-refractivity contribution in [3.63, 3.8) is 0 Å². The van der Waals surface area contributed by atoms with Gasteiger partial charge in [-0.15, -0.1) is 6.58 Å². The molecular formula is C16H18N2O2. The number of amides is 1. The number of hydrogen-bond acceptors (Lipinski definition) is 3. The van der Waals surface area contributed by atoms with Gasteiger partial charge in [-0.1, -0.05) is 29.4 Å². The van der Waals surface area contributed by atoms with E-state index in [2.05, 4.69) is 11.7 Å². The molecule has 0 atom stereocenters. The van der Waals surface area contributed by atoms with Gasteiger partial charge in [0, 0.05) is 12.1 Å². The van der Waals surface area contributed by atoms with Crippen LogP contribution in [-0.4, -0.2) is 24.3 Å². The van der Waals surface area contributed by atoms with Gasteiger partial charge < -0.3 is 9.74 Å². The molecule has 4 nitrogen and oxygen atoms in total. The fraction of sp³-hybridized carbons (Fsp3) is 0.375. The van der Waals surface area contributed by atoms with Crippen LogP contribution in [0, 0.1) is 0 Å². The Bertz CT molecular complexity index is 559. The Balaban J connectivity index is 1.88. The molecule has 1 fully saturated rings. The van der Waals surface area contributed by atoms with E-state index in [1.807, 2.05) is 24.3 Å². The lowest BCUT2D eigenvalue weighted by atomic mass is 10.1. The molecule has 1 aromatic carbocycles. The van der Waals surface area contributed by atoms with E-state index >= 15 is 0 Å². The van der Waals surface area contributed by atoms with E-state index in [0.717, 1.165) is 24.1 Å². The van der Waals surface area contributed by atoms with Crippen molar-refractivity contribution in [3.8, 4) is 0 Å². The summed E-state index contributed by atoms with van der Waals surface area (Å²) < 4.78 is 0. The number of carbonyl (C=O) groups is 1. The highest BCUT2D eigenvalue weighted by molar-refractivity contribution is 6.54. The van der Waals surface area contributed by atoms with Gasteiger partial charge in [0.1, 0.15) is 6.10 Å². The zero-order valence-electron chi connectivity index (χ0n) is 11.4. The molecule has 0 saturated heterocycles. The summed E-state index contributed by atoms with van der Waals surface area (Å²) >= 11 is 0. The predicted molar refractivity (Wildman–Crippen MR) is 78.9 cm³/mol. The van der Waals surface area contributed by atoms with Crippen molar-refractivity contribution >= 4 is 17.3 Å². The van der Waals surface area contributed by atoms with E-state index in [1.54, 1.807) is 11.0 Å². The van der Waals surface area contributed by atoms with Gasteiger partial charge in [0.2, 0.25) is 0 Å². The monoisotopic (exact) mass is 270 g/mol. The number of fused-ring (bicyclic) bond motifs is 1. The summed E-state index contributed by atoms with van der Waals surface area (Å²) in [7, 11) is 0. The molecule has 1 heterocycles. The third-order valence-corrected chi connectivity index (χ3v) is 3.80. The normalized spacial score (nSPS) is 20.5. The highest BCUT2D eigenvalue weighted by atomic mass is 16.6. The maximum atomic E-state index is 12.4. The van der Waals surface area contributed by atoms with Crippen LogP contribution in [0.2, 0.25) is 0 Å². The molecule has 104 valence electrons. The number of benzene rings is 1. The van der Waals surface area contributed by atoms with Crippen molar-refractivity contribution < 1.29 is 9.63 Å². The molecule has 3 rings (SSSR count). The lowest BCUT2D eigenvalue weighted by molar-refractivity contribution is -0.112. The Kier molecular flexibility index (Phi) is 3.54. The number of anilines is 1. The van der Waals surface area contributed by atoms with E-state index in [0.29, 0.717) is 12.3 Å². The van der Waals surface area contributed by atoms with Crippen molar-refractivity contribution in [2.45, 2.75) is 31.8 Å². The van der Waals surface area contributed by atoms with Crippen molar-refractivity contribution in [2.24, 2.45) is 5.16 Å². The van der Waals surface area contributed by atoms with Gasteiger partial charge in [0.05, 0.1) is 5.69 Å². The van der Waals surface area contributed by atoms with Crippen LogP contribution in [-0.2, 0) is 9.63 Å². The van der Waals surface area contributed by atoms with Crippen LogP contribution in [0.3, 0.4) is 0 Å². The maximum absolute atomic E-state index is 12.4. The molecule has 0 N–H and O–H groups in total. The van der Waals surface area contributed by atoms with Gasteiger partial charge in [0.25, 0.3) is 5.91 Å². The molecule has 0 spiro atoms. The fourth-order valence-electron chi connectivity index (χ4n) is 2.78. The third-order valence-electron chi connectivity index (χ3n) is 3.80. The van der Waals surface area contributed by atoms with E-state index < -0.39 is 0 Å².